The Hall–Kier alpha value is -2.38. The molecule has 0 bridgehead atoms. The van der Waals surface area contributed by atoms with Crippen LogP contribution in [0.15, 0.2) is 18.5 Å². The summed E-state index contributed by atoms with van der Waals surface area (Å²) in [6, 6.07) is 1.92. The molecule has 1 aromatic heterocycles. The average molecular weight is 360 g/mol. The molecule has 0 radical (unpaired) electrons. The molecule has 2 N–H and O–H groups in total. The largest absolute Gasteiger partial charge is 0.339 e. The van der Waals surface area contributed by atoms with Gasteiger partial charge in [-0.25, -0.2) is 14.8 Å². The summed E-state index contributed by atoms with van der Waals surface area (Å²) in [7, 11) is 0. The van der Waals surface area contributed by atoms with Gasteiger partial charge in [0, 0.05) is 57.6 Å². The van der Waals surface area contributed by atoms with Crippen LogP contribution < -0.4 is 15.5 Å². The summed E-state index contributed by atoms with van der Waals surface area (Å²) in [5.41, 5.74) is 0. The van der Waals surface area contributed by atoms with E-state index < -0.39 is 0 Å². The molecule has 2 heterocycles. The number of hydrogen-bond donors (Lipinski definition) is 2. The highest BCUT2D eigenvalue weighted by molar-refractivity contribution is 5.78. The van der Waals surface area contributed by atoms with Crippen molar-refractivity contribution in [2.24, 2.45) is 0 Å². The number of amides is 3. The first-order valence-electron chi connectivity index (χ1n) is 9.56. The molecule has 8 heteroatoms. The Labute approximate surface area is 154 Å². The second-order valence-corrected chi connectivity index (χ2v) is 6.90. The van der Waals surface area contributed by atoms with Crippen molar-refractivity contribution in [2.45, 2.75) is 44.6 Å². The van der Waals surface area contributed by atoms with Crippen LogP contribution in [0.3, 0.4) is 0 Å². The molecule has 0 spiro atoms. The van der Waals surface area contributed by atoms with Gasteiger partial charge in [-0.15, -0.1) is 0 Å². The molecule has 2 aliphatic rings. The maximum Gasteiger partial charge on any atom is 0.315 e. The summed E-state index contributed by atoms with van der Waals surface area (Å²) in [6.45, 7) is 3.15. The van der Waals surface area contributed by atoms with Crippen LogP contribution in [0.5, 0.6) is 0 Å². The van der Waals surface area contributed by atoms with Crippen molar-refractivity contribution in [3.63, 3.8) is 0 Å². The van der Waals surface area contributed by atoms with Gasteiger partial charge in [0.15, 0.2) is 0 Å². The summed E-state index contributed by atoms with van der Waals surface area (Å²) in [6.07, 6.45) is 9.53. The normalized spacial score (nSPS) is 18.5. The average Bonchev–Trinajstić information content (AvgIpc) is 2.69. The molecule has 8 nitrogen and oxygen atoms in total. The van der Waals surface area contributed by atoms with E-state index in [0.717, 1.165) is 25.9 Å². The van der Waals surface area contributed by atoms with E-state index in [0.29, 0.717) is 32.0 Å². The number of urea groups is 1. The minimum atomic E-state index is -0.157. The Kier molecular flexibility index (Phi) is 6.62. The van der Waals surface area contributed by atoms with Crippen LogP contribution in [0, 0.1) is 0 Å². The summed E-state index contributed by atoms with van der Waals surface area (Å²) in [5, 5.41) is 5.81. The van der Waals surface area contributed by atoms with E-state index in [1.54, 1.807) is 18.5 Å². The SMILES string of the molecule is O=C(NCCC(=O)N1CCN(c2ncccn2)CC1)NC1CCCCC1. The highest BCUT2D eigenvalue weighted by Crippen LogP contribution is 2.17. The van der Waals surface area contributed by atoms with Crippen LogP contribution in [-0.2, 0) is 4.79 Å². The Balaban J connectivity index is 1.32. The summed E-state index contributed by atoms with van der Waals surface area (Å²) >= 11 is 0. The van der Waals surface area contributed by atoms with Crippen LogP contribution in [0.2, 0.25) is 0 Å². The number of hydrogen-bond acceptors (Lipinski definition) is 5. The molecule has 1 aromatic rings. The fourth-order valence-corrected chi connectivity index (χ4v) is 3.53. The van der Waals surface area contributed by atoms with Gasteiger partial charge in [0.1, 0.15) is 0 Å². The quantitative estimate of drug-likeness (QED) is 0.822. The molecule has 3 amide bonds. The zero-order valence-electron chi connectivity index (χ0n) is 15.2. The molecular weight excluding hydrogens is 332 g/mol. The number of nitrogens with zero attached hydrogens (tertiary/aromatic N) is 4. The van der Waals surface area contributed by atoms with Gasteiger partial charge >= 0.3 is 6.03 Å². The highest BCUT2D eigenvalue weighted by atomic mass is 16.2. The Bertz CT molecular complexity index is 583. The molecule has 0 atom stereocenters. The smallest absolute Gasteiger partial charge is 0.315 e. The lowest BCUT2D eigenvalue weighted by Gasteiger charge is -2.34. The van der Waals surface area contributed by atoms with Crippen LogP contribution in [0.25, 0.3) is 0 Å². The van der Waals surface area contributed by atoms with E-state index in [4.69, 9.17) is 0 Å². The van der Waals surface area contributed by atoms with Crippen molar-refractivity contribution in [1.29, 1.82) is 0 Å². The molecule has 1 saturated carbocycles. The lowest BCUT2D eigenvalue weighted by Crippen LogP contribution is -2.50. The molecule has 1 saturated heterocycles. The van der Waals surface area contributed by atoms with Crippen LogP contribution >= 0.6 is 0 Å². The first kappa shape index (κ1) is 18.4. The van der Waals surface area contributed by atoms with Crippen LogP contribution in [0.4, 0.5) is 10.7 Å². The van der Waals surface area contributed by atoms with Gasteiger partial charge in [-0.1, -0.05) is 19.3 Å². The molecule has 3 rings (SSSR count). The molecule has 26 heavy (non-hydrogen) atoms. The van der Waals surface area contributed by atoms with Crippen molar-refractivity contribution in [1.82, 2.24) is 25.5 Å². The lowest BCUT2D eigenvalue weighted by molar-refractivity contribution is -0.131. The maximum absolute atomic E-state index is 12.3. The molecule has 1 aliphatic carbocycles. The number of anilines is 1. The third-order valence-corrected chi connectivity index (χ3v) is 5.03. The van der Waals surface area contributed by atoms with Gasteiger partial charge in [-0.05, 0) is 18.9 Å². The predicted octanol–water partition coefficient (Wildman–Crippen LogP) is 1.15. The fraction of sp³-hybridized carbons (Fsp3) is 0.667. The van der Waals surface area contributed by atoms with Crippen molar-refractivity contribution in [3.8, 4) is 0 Å². The van der Waals surface area contributed by atoms with E-state index in [-0.39, 0.29) is 18.0 Å². The van der Waals surface area contributed by atoms with Crippen LogP contribution in [-0.4, -0.2) is 65.6 Å². The molecule has 0 unspecified atom stereocenters. The number of aromatic nitrogens is 2. The number of piperazine rings is 1. The van der Waals surface area contributed by atoms with Gasteiger partial charge in [-0.2, -0.15) is 0 Å². The molecular formula is C18H28N6O2. The molecule has 142 valence electrons. The lowest BCUT2D eigenvalue weighted by atomic mass is 9.96. The van der Waals surface area contributed by atoms with Crippen LogP contribution in [0.1, 0.15) is 38.5 Å². The van der Waals surface area contributed by atoms with Crippen molar-refractivity contribution in [2.75, 3.05) is 37.6 Å². The highest BCUT2D eigenvalue weighted by Gasteiger charge is 2.22. The fourth-order valence-electron chi connectivity index (χ4n) is 3.53. The number of rotatable bonds is 5. The molecule has 1 aliphatic heterocycles. The Morgan fingerprint density at radius 3 is 2.42 bits per heavy atom. The monoisotopic (exact) mass is 360 g/mol. The zero-order chi connectivity index (χ0) is 18.2. The third-order valence-electron chi connectivity index (χ3n) is 5.03. The van der Waals surface area contributed by atoms with Gasteiger partial charge < -0.3 is 20.4 Å². The van der Waals surface area contributed by atoms with Gasteiger partial charge in [-0.3, -0.25) is 4.79 Å². The third kappa shape index (κ3) is 5.31. The standard InChI is InChI=1S/C18H28N6O2/c25-16(7-10-21-18(26)22-15-5-2-1-3-6-15)23-11-13-24(14-12-23)17-19-8-4-9-20-17/h4,8-9,15H,1-3,5-7,10-14H2,(H2,21,22,26). The van der Waals surface area contributed by atoms with E-state index in [1.807, 2.05) is 4.90 Å². The first-order valence-corrected chi connectivity index (χ1v) is 9.56. The number of carbonyl (C=O) groups excluding carboxylic acids is 2. The Morgan fingerprint density at radius 2 is 1.73 bits per heavy atom. The second-order valence-electron chi connectivity index (χ2n) is 6.90. The summed E-state index contributed by atoms with van der Waals surface area (Å²) in [4.78, 5) is 36.6. The van der Waals surface area contributed by atoms with E-state index in [1.165, 1.54) is 19.3 Å². The first-order chi connectivity index (χ1) is 12.7. The van der Waals surface area contributed by atoms with Gasteiger partial charge in [0.25, 0.3) is 0 Å². The maximum atomic E-state index is 12.3. The van der Waals surface area contributed by atoms with Crippen molar-refractivity contribution >= 4 is 17.9 Å². The second kappa shape index (κ2) is 9.35. The van der Waals surface area contributed by atoms with E-state index >= 15 is 0 Å². The predicted molar refractivity (Wildman–Crippen MR) is 98.8 cm³/mol. The zero-order valence-corrected chi connectivity index (χ0v) is 15.2. The summed E-state index contributed by atoms with van der Waals surface area (Å²) < 4.78 is 0. The Morgan fingerprint density at radius 1 is 1.04 bits per heavy atom. The minimum absolute atomic E-state index is 0.0802. The molecule has 2 fully saturated rings. The van der Waals surface area contributed by atoms with Crippen molar-refractivity contribution in [3.05, 3.63) is 18.5 Å². The van der Waals surface area contributed by atoms with Crippen molar-refractivity contribution < 1.29 is 9.59 Å². The minimum Gasteiger partial charge on any atom is -0.339 e. The van der Waals surface area contributed by atoms with Gasteiger partial charge in [0.2, 0.25) is 11.9 Å². The van der Waals surface area contributed by atoms with E-state index in [9.17, 15) is 9.59 Å². The number of carbonyl (C=O) groups is 2. The summed E-state index contributed by atoms with van der Waals surface area (Å²) in [5.74, 6) is 0.789. The van der Waals surface area contributed by atoms with E-state index in [2.05, 4.69) is 25.5 Å². The van der Waals surface area contributed by atoms with Gasteiger partial charge in [0.05, 0.1) is 0 Å². The topological polar surface area (TPSA) is 90.5 Å². The molecule has 0 aromatic carbocycles. The number of nitrogens with one attached hydrogen (secondary N) is 2.